The van der Waals surface area contributed by atoms with E-state index in [9.17, 15) is 19.7 Å². The van der Waals surface area contributed by atoms with Gasteiger partial charge in [0.25, 0.3) is 17.5 Å². The first-order valence-corrected chi connectivity index (χ1v) is 9.05. The van der Waals surface area contributed by atoms with Crippen LogP contribution in [0.2, 0.25) is 5.02 Å². The second-order valence-electron chi connectivity index (χ2n) is 5.28. The lowest BCUT2D eigenvalue weighted by Crippen LogP contribution is -2.44. The summed E-state index contributed by atoms with van der Waals surface area (Å²) >= 11 is 11.9. The Bertz CT molecular complexity index is 1010. The monoisotopic (exact) mass is 419 g/mol. The van der Waals surface area contributed by atoms with Crippen LogP contribution in [0.3, 0.4) is 0 Å². The van der Waals surface area contributed by atoms with E-state index in [1.54, 1.807) is 24.3 Å². The molecule has 0 unspecified atom stereocenters. The molecule has 2 amide bonds. The maximum atomic E-state index is 12.6. The van der Waals surface area contributed by atoms with Crippen LogP contribution in [-0.4, -0.2) is 26.1 Å². The molecule has 1 fully saturated rings. The van der Waals surface area contributed by atoms with Crippen LogP contribution in [0, 0.1) is 10.1 Å². The van der Waals surface area contributed by atoms with E-state index in [0.717, 1.165) is 16.8 Å². The number of carbonyl (C=O) groups excluding carboxylic acids is 2. The molecule has 0 aliphatic carbocycles. The van der Waals surface area contributed by atoms with Gasteiger partial charge < -0.3 is 0 Å². The van der Waals surface area contributed by atoms with Crippen molar-refractivity contribution >= 4 is 63.5 Å². The second kappa shape index (κ2) is 7.87. The number of para-hydroxylation sites is 1. The molecule has 1 aliphatic heterocycles. The van der Waals surface area contributed by atoms with E-state index in [1.165, 1.54) is 30.3 Å². The van der Waals surface area contributed by atoms with E-state index in [4.69, 9.17) is 23.8 Å². The predicted molar refractivity (Wildman–Crippen MR) is 107 cm³/mol. The second-order valence-corrected chi connectivity index (χ2v) is 7.40. The van der Waals surface area contributed by atoms with E-state index in [2.05, 4.69) is 5.43 Å². The Morgan fingerprint density at radius 3 is 2.70 bits per heavy atom. The molecule has 1 N–H and O–H groups in total. The van der Waals surface area contributed by atoms with Gasteiger partial charge in [0, 0.05) is 16.7 Å². The van der Waals surface area contributed by atoms with E-state index < -0.39 is 16.7 Å². The lowest BCUT2D eigenvalue weighted by atomic mass is 10.1. The van der Waals surface area contributed by atoms with Crippen LogP contribution in [0.15, 0.2) is 53.4 Å². The molecule has 10 heteroatoms. The maximum Gasteiger partial charge on any atom is 0.285 e. The number of hydrazine groups is 1. The summed E-state index contributed by atoms with van der Waals surface area (Å²) in [5, 5.41) is 12.4. The fourth-order valence-electron chi connectivity index (χ4n) is 2.28. The number of rotatable bonds is 4. The molecular weight excluding hydrogens is 410 g/mol. The molecule has 1 heterocycles. The standard InChI is InChI=1S/C17H10ClN3O4S2/c18-12-6-3-5-11(8-12)15(22)19-20-16(23)14(27-17(20)26)9-10-4-1-2-7-13(10)21(24)25/h1-9H,(H,19,22)/b14-9-. The molecule has 0 saturated carbocycles. The third-order valence-electron chi connectivity index (χ3n) is 3.51. The number of thioether (sulfide) groups is 1. The summed E-state index contributed by atoms with van der Waals surface area (Å²) in [4.78, 5) is 35.6. The van der Waals surface area contributed by atoms with Gasteiger partial charge in [-0.15, -0.1) is 0 Å². The predicted octanol–water partition coefficient (Wildman–Crippen LogP) is 3.79. The molecular formula is C17H10ClN3O4S2. The first kappa shape index (κ1) is 19.0. The van der Waals surface area contributed by atoms with Crippen molar-refractivity contribution in [2.45, 2.75) is 0 Å². The van der Waals surface area contributed by atoms with Crippen LogP contribution < -0.4 is 5.43 Å². The average Bonchev–Trinajstić information content (AvgIpc) is 2.89. The van der Waals surface area contributed by atoms with Crippen molar-refractivity contribution in [3.8, 4) is 0 Å². The van der Waals surface area contributed by atoms with Gasteiger partial charge in [0.2, 0.25) is 0 Å². The summed E-state index contributed by atoms with van der Waals surface area (Å²) in [5.41, 5.74) is 2.82. The van der Waals surface area contributed by atoms with Crippen LogP contribution in [0.4, 0.5) is 5.69 Å². The molecule has 3 rings (SSSR count). The van der Waals surface area contributed by atoms with Gasteiger partial charge in [-0.25, -0.2) is 0 Å². The van der Waals surface area contributed by atoms with E-state index in [1.807, 2.05) is 0 Å². The summed E-state index contributed by atoms with van der Waals surface area (Å²) in [6.45, 7) is 0. The minimum Gasteiger partial charge on any atom is -0.267 e. The van der Waals surface area contributed by atoms with Gasteiger partial charge in [0.1, 0.15) is 0 Å². The number of carbonyl (C=O) groups is 2. The van der Waals surface area contributed by atoms with Gasteiger partial charge >= 0.3 is 0 Å². The van der Waals surface area contributed by atoms with Gasteiger partial charge in [-0.2, -0.15) is 5.01 Å². The molecule has 1 saturated heterocycles. The van der Waals surface area contributed by atoms with Crippen LogP contribution in [0.1, 0.15) is 15.9 Å². The molecule has 0 spiro atoms. The highest BCUT2D eigenvalue weighted by Gasteiger charge is 2.34. The van der Waals surface area contributed by atoms with E-state index >= 15 is 0 Å². The molecule has 1 aliphatic rings. The highest BCUT2D eigenvalue weighted by atomic mass is 35.5. The van der Waals surface area contributed by atoms with E-state index in [-0.39, 0.29) is 26.0 Å². The first-order chi connectivity index (χ1) is 12.9. The molecule has 0 radical (unpaired) electrons. The van der Waals surface area contributed by atoms with Crippen molar-refractivity contribution in [1.29, 1.82) is 0 Å². The summed E-state index contributed by atoms with van der Waals surface area (Å²) in [7, 11) is 0. The SMILES string of the molecule is O=C(NN1C(=O)/C(=C/c2ccccc2[N+](=O)[O-])SC1=S)c1cccc(Cl)c1. The number of nitrogens with one attached hydrogen (secondary N) is 1. The summed E-state index contributed by atoms with van der Waals surface area (Å²) in [6, 6.07) is 12.2. The number of amides is 2. The third kappa shape index (κ3) is 4.16. The van der Waals surface area contributed by atoms with Crippen molar-refractivity contribution in [2.75, 3.05) is 0 Å². The van der Waals surface area contributed by atoms with Crippen molar-refractivity contribution in [3.63, 3.8) is 0 Å². The minimum absolute atomic E-state index is 0.111. The third-order valence-corrected chi connectivity index (χ3v) is 5.05. The van der Waals surface area contributed by atoms with Gasteiger partial charge in [-0.3, -0.25) is 25.1 Å². The number of hydrogen-bond donors (Lipinski definition) is 1. The zero-order valence-electron chi connectivity index (χ0n) is 13.4. The highest BCUT2D eigenvalue weighted by Crippen LogP contribution is 2.33. The Labute approximate surface area is 168 Å². The fraction of sp³-hybridized carbons (Fsp3) is 0. The largest absolute Gasteiger partial charge is 0.285 e. The van der Waals surface area contributed by atoms with Gasteiger partial charge in [0.15, 0.2) is 4.32 Å². The Hall–Kier alpha value is -2.75. The minimum atomic E-state index is -0.571. The molecule has 0 bridgehead atoms. The van der Waals surface area contributed by atoms with Gasteiger partial charge in [-0.1, -0.05) is 41.6 Å². The lowest BCUT2D eigenvalue weighted by molar-refractivity contribution is -0.385. The average molecular weight is 420 g/mol. The van der Waals surface area contributed by atoms with Gasteiger partial charge in [0.05, 0.1) is 15.4 Å². The Morgan fingerprint density at radius 1 is 1.26 bits per heavy atom. The number of nitro groups is 1. The van der Waals surface area contributed by atoms with Crippen LogP contribution in [-0.2, 0) is 4.79 Å². The number of halogens is 1. The van der Waals surface area contributed by atoms with Crippen LogP contribution >= 0.6 is 35.6 Å². The molecule has 7 nitrogen and oxygen atoms in total. The van der Waals surface area contributed by atoms with Crippen molar-refractivity contribution in [2.24, 2.45) is 0 Å². The summed E-state index contributed by atoms with van der Waals surface area (Å²) < 4.78 is 0.111. The quantitative estimate of drug-likeness (QED) is 0.351. The molecule has 2 aromatic carbocycles. The number of nitro benzene ring substituents is 1. The lowest BCUT2D eigenvalue weighted by Gasteiger charge is -2.15. The zero-order chi connectivity index (χ0) is 19.6. The highest BCUT2D eigenvalue weighted by molar-refractivity contribution is 8.26. The zero-order valence-corrected chi connectivity index (χ0v) is 15.8. The topological polar surface area (TPSA) is 92.6 Å². The van der Waals surface area contributed by atoms with E-state index in [0.29, 0.717) is 5.02 Å². The molecule has 136 valence electrons. The van der Waals surface area contributed by atoms with Crippen molar-refractivity contribution in [3.05, 3.63) is 79.7 Å². The molecule has 27 heavy (non-hydrogen) atoms. The normalized spacial score (nSPS) is 15.3. The number of thiocarbonyl (C=S) groups is 1. The molecule has 0 aromatic heterocycles. The summed E-state index contributed by atoms with van der Waals surface area (Å²) in [5.74, 6) is -1.13. The smallest absolute Gasteiger partial charge is 0.267 e. The van der Waals surface area contributed by atoms with Gasteiger partial charge in [-0.05, 0) is 42.6 Å². The molecule has 0 atom stereocenters. The fourth-order valence-corrected chi connectivity index (χ4v) is 3.64. The Morgan fingerprint density at radius 2 is 2.00 bits per heavy atom. The Kier molecular flexibility index (Phi) is 5.54. The number of hydrogen-bond acceptors (Lipinski definition) is 6. The van der Waals surface area contributed by atoms with Crippen LogP contribution in [0.25, 0.3) is 6.08 Å². The Balaban J connectivity index is 1.83. The summed E-state index contributed by atoms with van der Waals surface area (Å²) in [6.07, 6.45) is 1.38. The number of nitrogens with zero attached hydrogens (tertiary/aromatic N) is 2. The van der Waals surface area contributed by atoms with Crippen molar-refractivity contribution in [1.82, 2.24) is 10.4 Å². The maximum absolute atomic E-state index is 12.6. The van der Waals surface area contributed by atoms with Crippen LogP contribution in [0.5, 0.6) is 0 Å². The number of benzene rings is 2. The molecule has 2 aromatic rings. The van der Waals surface area contributed by atoms with Crippen molar-refractivity contribution < 1.29 is 14.5 Å². The first-order valence-electron chi connectivity index (χ1n) is 7.45.